The smallest absolute Gasteiger partial charge is 0.322 e. The van der Waals surface area contributed by atoms with Crippen molar-refractivity contribution >= 4 is 29.6 Å². The minimum atomic E-state index is -0.991. The molecular formula is C23H26N4O3S. The lowest BCUT2D eigenvalue weighted by molar-refractivity contribution is -0.122. The van der Waals surface area contributed by atoms with Gasteiger partial charge in [0.2, 0.25) is 0 Å². The molecule has 4 rings (SSSR count). The molecule has 2 fully saturated rings. The quantitative estimate of drug-likeness (QED) is 0.456. The number of nitrogens with one attached hydrogen (secondary N) is 3. The molecule has 0 saturated carbocycles. The second-order valence-electron chi connectivity index (χ2n) is 8.20. The molecule has 0 spiro atoms. The van der Waals surface area contributed by atoms with Gasteiger partial charge in [0.25, 0.3) is 11.8 Å². The maximum Gasteiger partial charge on any atom is 0.322 e. The largest absolute Gasteiger partial charge is 0.348 e. The van der Waals surface area contributed by atoms with Gasteiger partial charge in [-0.05, 0) is 31.0 Å². The normalized spacial score (nSPS) is 23.5. The molecule has 3 N–H and O–H groups in total. The van der Waals surface area contributed by atoms with Crippen molar-refractivity contribution in [1.29, 1.82) is 0 Å². The molecule has 0 radical (unpaired) electrons. The van der Waals surface area contributed by atoms with Crippen molar-refractivity contribution in [3.8, 4) is 0 Å². The number of amides is 4. The molecule has 2 saturated heterocycles. The maximum absolute atomic E-state index is 13.0. The van der Waals surface area contributed by atoms with E-state index >= 15 is 0 Å². The van der Waals surface area contributed by atoms with Crippen LogP contribution in [0.3, 0.4) is 0 Å². The van der Waals surface area contributed by atoms with E-state index in [0.717, 1.165) is 31.0 Å². The molecule has 0 bridgehead atoms. The monoisotopic (exact) mass is 438 g/mol. The molecule has 0 aliphatic carbocycles. The SMILES string of the molecule is C[C@@]1(CSc2ccccc2C(=O)N[C@H]2CCN(Cc3ccccc3)C2)NC(=O)NC1=O. The molecular weight excluding hydrogens is 412 g/mol. The van der Waals surface area contributed by atoms with Crippen LogP contribution < -0.4 is 16.0 Å². The molecule has 2 aliphatic rings. The van der Waals surface area contributed by atoms with Crippen LogP contribution in [0, 0.1) is 0 Å². The fourth-order valence-corrected chi connectivity index (χ4v) is 5.02. The van der Waals surface area contributed by atoms with E-state index in [1.54, 1.807) is 13.0 Å². The van der Waals surface area contributed by atoms with E-state index in [0.29, 0.717) is 11.3 Å². The fourth-order valence-electron chi connectivity index (χ4n) is 3.88. The number of benzene rings is 2. The lowest BCUT2D eigenvalue weighted by Gasteiger charge is -2.21. The average Bonchev–Trinajstić information content (AvgIpc) is 3.30. The highest BCUT2D eigenvalue weighted by Gasteiger charge is 2.42. The maximum atomic E-state index is 13.0. The summed E-state index contributed by atoms with van der Waals surface area (Å²) in [4.78, 5) is 39.6. The summed E-state index contributed by atoms with van der Waals surface area (Å²) < 4.78 is 0. The van der Waals surface area contributed by atoms with Gasteiger partial charge in [-0.1, -0.05) is 42.5 Å². The number of urea groups is 1. The summed E-state index contributed by atoms with van der Waals surface area (Å²) in [6.07, 6.45) is 0.915. The van der Waals surface area contributed by atoms with Gasteiger partial charge in [0.1, 0.15) is 5.54 Å². The first-order valence-corrected chi connectivity index (χ1v) is 11.3. The summed E-state index contributed by atoms with van der Waals surface area (Å²) in [6, 6.07) is 17.3. The molecule has 7 nitrogen and oxygen atoms in total. The molecule has 2 heterocycles. The lowest BCUT2D eigenvalue weighted by atomic mass is 10.1. The van der Waals surface area contributed by atoms with Gasteiger partial charge in [-0.25, -0.2) is 4.79 Å². The van der Waals surface area contributed by atoms with Gasteiger partial charge < -0.3 is 10.6 Å². The van der Waals surface area contributed by atoms with E-state index in [1.165, 1.54) is 17.3 Å². The second-order valence-corrected chi connectivity index (χ2v) is 9.22. The highest BCUT2D eigenvalue weighted by molar-refractivity contribution is 7.99. The third-order valence-corrected chi connectivity index (χ3v) is 7.01. The number of hydrogen-bond donors (Lipinski definition) is 3. The molecule has 162 valence electrons. The zero-order valence-electron chi connectivity index (χ0n) is 17.4. The van der Waals surface area contributed by atoms with Crippen LogP contribution in [0.1, 0.15) is 29.3 Å². The summed E-state index contributed by atoms with van der Waals surface area (Å²) in [6.45, 7) is 4.33. The number of carbonyl (C=O) groups is 3. The number of thioether (sulfide) groups is 1. The Morgan fingerprint density at radius 1 is 1.16 bits per heavy atom. The lowest BCUT2D eigenvalue weighted by Crippen LogP contribution is -2.46. The van der Waals surface area contributed by atoms with Crippen molar-refractivity contribution in [2.45, 2.75) is 36.4 Å². The Labute approximate surface area is 186 Å². The Hall–Kier alpha value is -2.84. The van der Waals surface area contributed by atoms with Crippen LogP contribution in [0.5, 0.6) is 0 Å². The van der Waals surface area contributed by atoms with Crippen molar-refractivity contribution in [2.75, 3.05) is 18.8 Å². The van der Waals surface area contributed by atoms with Gasteiger partial charge >= 0.3 is 6.03 Å². The van der Waals surface area contributed by atoms with E-state index in [2.05, 4.69) is 33.0 Å². The number of carbonyl (C=O) groups excluding carboxylic acids is 3. The standard InChI is InChI=1S/C23H26N4O3S/c1-23(21(29)25-22(30)26-23)15-31-19-10-6-5-9-18(19)20(28)24-17-11-12-27(14-17)13-16-7-3-2-4-8-16/h2-10,17H,11-15H2,1H3,(H,24,28)(H2,25,26,29,30)/t17-,23-/m0/s1. The molecule has 4 amide bonds. The molecule has 31 heavy (non-hydrogen) atoms. The topological polar surface area (TPSA) is 90.5 Å². The summed E-state index contributed by atoms with van der Waals surface area (Å²) in [5.74, 6) is -0.125. The molecule has 2 aromatic rings. The van der Waals surface area contributed by atoms with Gasteiger partial charge in [0, 0.05) is 36.3 Å². The molecule has 2 aliphatic heterocycles. The predicted octanol–water partition coefficient (Wildman–Crippen LogP) is 2.38. The minimum Gasteiger partial charge on any atom is -0.348 e. The van der Waals surface area contributed by atoms with Gasteiger partial charge in [0.15, 0.2) is 0 Å². The Morgan fingerprint density at radius 3 is 2.65 bits per heavy atom. The van der Waals surface area contributed by atoms with E-state index in [-0.39, 0.29) is 17.9 Å². The summed E-state index contributed by atoms with van der Waals surface area (Å²) >= 11 is 1.39. The number of nitrogens with zero attached hydrogens (tertiary/aromatic N) is 1. The van der Waals surface area contributed by atoms with Crippen molar-refractivity contribution < 1.29 is 14.4 Å². The zero-order chi connectivity index (χ0) is 21.8. The first-order valence-electron chi connectivity index (χ1n) is 10.4. The molecule has 2 atom stereocenters. The van der Waals surface area contributed by atoms with Gasteiger partial charge in [-0.3, -0.25) is 19.8 Å². The van der Waals surface area contributed by atoms with Crippen molar-refractivity contribution in [2.24, 2.45) is 0 Å². The summed E-state index contributed by atoms with van der Waals surface area (Å²) in [5, 5.41) is 8.08. The van der Waals surface area contributed by atoms with Crippen molar-refractivity contribution in [3.05, 3.63) is 65.7 Å². The van der Waals surface area contributed by atoms with Crippen LogP contribution in [0.2, 0.25) is 0 Å². The number of hydrogen-bond acceptors (Lipinski definition) is 5. The highest BCUT2D eigenvalue weighted by Crippen LogP contribution is 2.28. The Bertz CT molecular complexity index is 984. The fraction of sp³-hybridized carbons (Fsp3) is 0.348. The molecule has 0 aromatic heterocycles. The third-order valence-electron chi connectivity index (χ3n) is 5.62. The highest BCUT2D eigenvalue weighted by atomic mass is 32.2. The number of imide groups is 1. The third kappa shape index (κ3) is 5.08. The van der Waals surface area contributed by atoms with Crippen molar-refractivity contribution in [1.82, 2.24) is 20.9 Å². The summed E-state index contributed by atoms with van der Waals surface area (Å²) in [7, 11) is 0. The Morgan fingerprint density at radius 2 is 1.90 bits per heavy atom. The van der Waals surface area contributed by atoms with Gasteiger partial charge in [0.05, 0.1) is 5.56 Å². The predicted molar refractivity (Wildman–Crippen MR) is 120 cm³/mol. The number of likely N-dealkylation sites (tertiary alicyclic amines) is 1. The van der Waals surface area contributed by atoms with E-state index in [1.807, 2.05) is 36.4 Å². The molecule has 8 heteroatoms. The molecule has 0 unspecified atom stereocenters. The zero-order valence-corrected chi connectivity index (χ0v) is 18.2. The minimum absolute atomic E-state index is 0.103. The van der Waals surface area contributed by atoms with Gasteiger partial charge in [-0.15, -0.1) is 11.8 Å². The van der Waals surface area contributed by atoms with Crippen LogP contribution in [0.4, 0.5) is 4.79 Å². The van der Waals surface area contributed by atoms with Crippen LogP contribution in [-0.2, 0) is 11.3 Å². The van der Waals surface area contributed by atoms with Gasteiger partial charge in [-0.2, -0.15) is 0 Å². The van der Waals surface area contributed by atoms with E-state index in [4.69, 9.17) is 0 Å². The second kappa shape index (κ2) is 9.11. The van der Waals surface area contributed by atoms with E-state index < -0.39 is 11.6 Å². The van der Waals surface area contributed by atoms with Crippen LogP contribution in [0.15, 0.2) is 59.5 Å². The van der Waals surface area contributed by atoms with Crippen LogP contribution >= 0.6 is 11.8 Å². The first-order chi connectivity index (χ1) is 14.9. The Balaban J connectivity index is 1.35. The van der Waals surface area contributed by atoms with E-state index in [9.17, 15) is 14.4 Å². The molecule has 2 aromatic carbocycles. The average molecular weight is 439 g/mol. The van der Waals surface area contributed by atoms with Crippen LogP contribution in [-0.4, -0.2) is 53.2 Å². The van der Waals surface area contributed by atoms with Crippen LogP contribution in [0.25, 0.3) is 0 Å². The van der Waals surface area contributed by atoms with Crippen molar-refractivity contribution in [3.63, 3.8) is 0 Å². The first kappa shape index (κ1) is 21.4. The Kier molecular flexibility index (Phi) is 6.29. The number of rotatable bonds is 7. The summed E-state index contributed by atoms with van der Waals surface area (Å²) in [5.41, 5.74) is 0.865.